The van der Waals surface area contributed by atoms with Crippen molar-refractivity contribution in [2.45, 2.75) is 19.0 Å². The summed E-state index contributed by atoms with van der Waals surface area (Å²) in [5.74, 6) is 1.23. The molecule has 166 valence electrons. The number of ketones is 1. The molecule has 1 atom stereocenters. The topological polar surface area (TPSA) is 82.5 Å². The van der Waals surface area contributed by atoms with Gasteiger partial charge in [-0.15, -0.1) is 0 Å². The molecule has 5 rings (SSSR count). The molecule has 0 spiro atoms. The van der Waals surface area contributed by atoms with E-state index in [1.807, 2.05) is 24.3 Å². The molecule has 7 heteroatoms. The highest BCUT2D eigenvalue weighted by Crippen LogP contribution is 2.31. The second kappa shape index (κ2) is 8.78. The zero-order valence-electron chi connectivity index (χ0n) is 18.2. The van der Waals surface area contributed by atoms with Gasteiger partial charge in [0.15, 0.2) is 5.78 Å². The van der Waals surface area contributed by atoms with E-state index in [2.05, 4.69) is 10.3 Å². The van der Waals surface area contributed by atoms with Crippen LogP contribution in [0.4, 0.5) is 0 Å². The molecule has 2 aromatic heterocycles. The lowest BCUT2D eigenvalue weighted by molar-refractivity contribution is -0.122. The Morgan fingerprint density at radius 2 is 1.97 bits per heavy atom. The number of carbonyl (C=O) groups excluding carboxylic acids is 2. The quantitative estimate of drug-likeness (QED) is 0.459. The molecule has 0 bridgehead atoms. The molecular weight excluding hydrogens is 418 g/mol. The van der Waals surface area contributed by atoms with Crippen molar-refractivity contribution in [2.24, 2.45) is 0 Å². The summed E-state index contributed by atoms with van der Waals surface area (Å²) in [4.78, 5) is 30.4. The summed E-state index contributed by atoms with van der Waals surface area (Å²) in [6.07, 6.45) is 5.77. The Morgan fingerprint density at radius 1 is 1.15 bits per heavy atom. The average molecular weight is 441 g/mol. The number of nitrogens with one attached hydrogen (secondary N) is 1. The number of hydrogen-bond donors (Lipinski definition) is 1. The molecule has 33 heavy (non-hydrogen) atoms. The van der Waals surface area contributed by atoms with Crippen molar-refractivity contribution in [2.75, 3.05) is 13.7 Å². The molecule has 0 aliphatic carbocycles. The Hall–Kier alpha value is -4.13. The van der Waals surface area contributed by atoms with E-state index in [-0.39, 0.29) is 24.3 Å². The van der Waals surface area contributed by atoms with E-state index in [0.717, 1.165) is 22.2 Å². The largest absolute Gasteiger partial charge is 0.497 e. The first-order valence-electron chi connectivity index (χ1n) is 10.8. The highest BCUT2D eigenvalue weighted by atomic mass is 16.5. The summed E-state index contributed by atoms with van der Waals surface area (Å²) in [6, 6.07) is 16.4. The van der Waals surface area contributed by atoms with Crippen LogP contribution in [-0.2, 0) is 11.3 Å². The number of aromatic nitrogens is 2. The number of ether oxygens (including phenoxy) is 2. The molecule has 3 heterocycles. The number of pyridine rings is 1. The maximum atomic E-state index is 13.2. The molecule has 0 radical (unpaired) electrons. The van der Waals surface area contributed by atoms with Crippen molar-refractivity contribution in [1.29, 1.82) is 0 Å². The number of amides is 1. The smallest absolute Gasteiger partial charge is 0.240 e. The van der Waals surface area contributed by atoms with Gasteiger partial charge in [0.05, 0.1) is 31.5 Å². The molecule has 4 aromatic rings. The van der Waals surface area contributed by atoms with E-state index < -0.39 is 0 Å². The predicted molar refractivity (Wildman–Crippen MR) is 124 cm³/mol. The maximum Gasteiger partial charge on any atom is 0.240 e. The van der Waals surface area contributed by atoms with Gasteiger partial charge in [0.1, 0.15) is 18.0 Å². The second-order valence-electron chi connectivity index (χ2n) is 7.92. The molecule has 2 aromatic carbocycles. The fraction of sp³-hybridized carbons (Fsp3) is 0.192. The maximum absolute atomic E-state index is 13.2. The van der Waals surface area contributed by atoms with Gasteiger partial charge in [0.25, 0.3) is 0 Å². The van der Waals surface area contributed by atoms with Crippen molar-refractivity contribution >= 4 is 22.6 Å². The lowest BCUT2D eigenvalue weighted by Gasteiger charge is -2.26. The summed E-state index contributed by atoms with van der Waals surface area (Å²) < 4.78 is 12.6. The molecule has 7 nitrogen and oxygen atoms in total. The van der Waals surface area contributed by atoms with Crippen LogP contribution in [0.1, 0.15) is 33.9 Å². The molecule has 0 saturated heterocycles. The first-order chi connectivity index (χ1) is 16.1. The molecule has 0 fully saturated rings. The van der Waals surface area contributed by atoms with Gasteiger partial charge in [0, 0.05) is 40.9 Å². The van der Waals surface area contributed by atoms with Crippen LogP contribution in [0.2, 0.25) is 0 Å². The summed E-state index contributed by atoms with van der Waals surface area (Å²) in [5, 5.41) is 3.87. The number of benzene rings is 2. The van der Waals surface area contributed by atoms with Gasteiger partial charge >= 0.3 is 0 Å². The van der Waals surface area contributed by atoms with Crippen molar-refractivity contribution < 1.29 is 19.1 Å². The minimum Gasteiger partial charge on any atom is -0.497 e. The minimum atomic E-state index is -0.138. The van der Waals surface area contributed by atoms with Crippen LogP contribution >= 0.6 is 0 Å². The van der Waals surface area contributed by atoms with Crippen LogP contribution in [0.3, 0.4) is 0 Å². The van der Waals surface area contributed by atoms with Gasteiger partial charge in [-0.05, 0) is 36.4 Å². The number of nitrogens with zero attached hydrogens (tertiary/aromatic N) is 2. The van der Waals surface area contributed by atoms with E-state index in [9.17, 15) is 9.59 Å². The molecule has 0 saturated carbocycles. The van der Waals surface area contributed by atoms with Crippen LogP contribution in [0.5, 0.6) is 11.5 Å². The summed E-state index contributed by atoms with van der Waals surface area (Å²) >= 11 is 0. The number of methoxy groups -OCH3 is 1. The van der Waals surface area contributed by atoms with Crippen molar-refractivity contribution in [3.8, 4) is 11.5 Å². The summed E-state index contributed by atoms with van der Waals surface area (Å²) in [6.45, 7) is 0.635. The Labute approximate surface area is 191 Å². The number of rotatable bonds is 6. The van der Waals surface area contributed by atoms with E-state index in [4.69, 9.17) is 9.47 Å². The fourth-order valence-electron chi connectivity index (χ4n) is 4.23. The predicted octanol–water partition coefficient (Wildman–Crippen LogP) is 3.92. The number of carbonyl (C=O) groups is 2. The molecular formula is C26H23N3O4. The highest BCUT2D eigenvalue weighted by molar-refractivity contribution is 6.16. The van der Waals surface area contributed by atoms with Gasteiger partial charge in [-0.1, -0.05) is 18.2 Å². The second-order valence-corrected chi connectivity index (χ2v) is 7.92. The lowest BCUT2D eigenvalue weighted by atomic mass is 10.0. The average Bonchev–Trinajstić information content (AvgIpc) is 3.22. The number of fused-ring (bicyclic) bond motifs is 2. The molecule has 1 unspecified atom stereocenters. The third kappa shape index (κ3) is 4.05. The number of hydrogen-bond acceptors (Lipinski definition) is 5. The normalized spacial score (nSPS) is 14.9. The van der Waals surface area contributed by atoms with E-state index >= 15 is 0 Å². The van der Waals surface area contributed by atoms with Crippen LogP contribution in [0.15, 0.2) is 73.2 Å². The molecule has 1 aliphatic heterocycles. The highest BCUT2D eigenvalue weighted by Gasteiger charge is 2.23. The third-order valence-electron chi connectivity index (χ3n) is 5.89. The Kier molecular flexibility index (Phi) is 5.52. The van der Waals surface area contributed by atoms with Gasteiger partial charge in [-0.3, -0.25) is 14.6 Å². The SMILES string of the molecule is COc1ccc(C(=O)c2cn(CC(=O)NC3CCOc4ccccc43)c3cnccc23)cc1. The van der Waals surface area contributed by atoms with E-state index in [0.29, 0.717) is 29.9 Å². The standard InChI is InChI=1S/C26H23N3O4/c1-32-18-8-6-17(7-9-18)26(31)21-15-29(23-14-27-12-10-19(21)23)16-25(30)28-22-11-13-33-24-5-3-2-4-20(22)24/h2-10,12,14-15,22H,11,13,16H2,1H3,(H,28,30). The minimum absolute atomic E-state index is 0.0810. The van der Waals surface area contributed by atoms with Gasteiger partial charge in [0.2, 0.25) is 5.91 Å². The van der Waals surface area contributed by atoms with Crippen molar-refractivity contribution in [3.63, 3.8) is 0 Å². The number of para-hydroxylation sites is 1. The van der Waals surface area contributed by atoms with Crippen LogP contribution in [0.25, 0.3) is 10.9 Å². The summed E-state index contributed by atoms with van der Waals surface area (Å²) in [5.41, 5.74) is 2.79. The van der Waals surface area contributed by atoms with E-state index in [1.54, 1.807) is 60.6 Å². The van der Waals surface area contributed by atoms with Gasteiger partial charge < -0.3 is 19.4 Å². The molecule has 1 N–H and O–H groups in total. The van der Waals surface area contributed by atoms with Crippen molar-refractivity contribution in [3.05, 3.63) is 89.9 Å². The first-order valence-corrected chi connectivity index (χ1v) is 10.8. The fourth-order valence-corrected chi connectivity index (χ4v) is 4.23. The van der Waals surface area contributed by atoms with Crippen LogP contribution < -0.4 is 14.8 Å². The van der Waals surface area contributed by atoms with Gasteiger partial charge in [-0.25, -0.2) is 0 Å². The summed E-state index contributed by atoms with van der Waals surface area (Å²) in [7, 11) is 1.58. The van der Waals surface area contributed by atoms with E-state index in [1.165, 1.54) is 0 Å². The molecule has 1 amide bonds. The van der Waals surface area contributed by atoms with Crippen LogP contribution in [0, 0.1) is 0 Å². The lowest BCUT2D eigenvalue weighted by Crippen LogP contribution is -2.34. The first kappa shape index (κ1) is 20.8. The third-order valence-corrected chi connectivity index (χ3v) is 5.89. The monoisotopic (exact) mass is 441 g/mol. The Bertz CT molecular complexity index is 1330. The zero-order valence-corrected chi connectivity index (χ0v) is 18.2. The zero-order chi connectivity index (χ0) is 22.8. The van der Waals surface area contributed by atoms with Gasteiger partial charge in [-0.2, -0.15) is 0 Å². The Balaban J connectivity index is 1.40. The molecule has 1 aliphatic rings. The Morgan fingerprint density at radius 3 is 2.79 bits per heavy atom. The van der Waals surface area contributed by atoms with Crippen LogP contribution in [-0.4, -0.2) is 35.0 Å². The van der Waals surface area contributed by atoms with Crippen molar-refractivity contribution in [1.82, 2.24) is 14.9 Å².